The van der Waals surface area contributed by atoms with Gasteiger partial charge in [0, 0.05) is 26.2 Å². The lowest BCUT2D eigenvalue weighted by Crippen LogP contribution is -2.47. The SMILES string of the molecule is O=C([C@H]1CCCN(S(=O)(=O)c2cnc[nH]2)C1)N(CCc1ccccc1)Cc1ccccc1. The van der Waals surface area contributed by atoms with Crippen molar-refractivity contribution in [1.82, 2.24) is 19.2 Å². The highest BCUT2D eigenvalue weighted by molar-refractivity contribution is 7.89. The number of rotatable bonds is 8. The number of H-pyrrole nitrogens is 1. The number of sulfonamides is 1. The van der Waals surface area contributed by atoms with Crippen LogP contribution in [0.2, 0.25) is 0 Å². The average molecular weight is 453 g/mol. The Balaban J connectivity index is 1.50. The van der Waals surface area contributed by atoms with Crippen LogP contribution < -0.4 is 0 Å². The second-order valence-corrected chi connectivity index (χ2v) is 10.0. The molecule has 1 aliphatic rings. The molecule has 4 rings (SSSR count). The van der Waals surface area contributed by atoms with Crippen molar-refractivity contribution in [2.75, 3.05) is 19.6 Å². The summed E-state index contributed by atoms with van der Waals surface area (Å²) in [5, 5.41) is 0.0656. The number of hydrogen-bond donors (Lipinski definition) is 1. The average Bonchev–Trinajstić information content (AvgIpc) is 3.39. The number of piperidine rings is 1. The Morgan fingerprint density at radius 1 is 1.06 bits per heavy atom. The lowest BCUT2D eigenvalue weighted by Gasteiger charge is -2.34. The summed E-state index contributed by atoms with van der Waals surface area (Å²) in [4.78, 5) is 21.9. The van der Waals surface area contributed by atoms with Gasteiger partial charge in [-0.05, 0) is 30.4 Å². The maximum Gasteiger partial charge on any atom is 0.260 e. The lowest BCUT2D eigenvalue weighted by molar-refractivity contribution is -0.137. The quantitative estimate of drug-likeness (QED) is 0.569. The number of aromatic amines is 1. The van der Waals surface area contributed by atoms with Crippen molar-refractivity contribution >= 4 is 15.9 Å². The van der Waals surface area contributed by atoms with E-state index in [4.69, 9.17) is 0 Å². The largest absolute Gasteiger partial charge is 0.338 e. The van der Waals surface area contributed by atoms with Crippen LogP contribution in [0.15, 0.2) is 78.2 Å². The maximum atomic E-state index is 13.6. The predicted octanol–water partition coefficient (Wildman–Crippen LogP) is 3.08. The number of nitrogens with one attached hydrogen (secondary N) is 1. The van der Waals surface area contributed by atoms with E-state index in [2.05, 4.69) is 22.1 Å². The Bertz CT molecular complexity index is 1100. The summed E-state index contributed by atoms with van der Waals surface area (Å²) in [5.41, 5.74) is 2.23. The lowest BCUT2D eigenvalue weighted by atomic mass is 9.97. The van der Waals surface area contributed by atoms with E-state index in [1.54, 1.807) is 0 Å². The van der Waals surface area contributed by atoms with Gasteiger partial charge in [0.15, 0.2) is 5.03 Å². The number of aromatic nitrogens is 2. The van der Waals surface area contributed by atoms with E-state index in [1.165, 1.54) is 22.4 Å². The number of carbonyl (C=O) groups excluding carboxylic acids is 1. The van der Waals surface area contributed by atoms with E-state index >= 15 is 0 Å². The van der Waals surface area contributed by atoms with Gasteiger partial charge in [-0.15, -0.1) is 0 Å². The maximum absolute atomic E-state index is 13.6. The molecule has 168 valence electrons. The normalized spacial score (nSPS) is 17.2. The van der Waals surface area contributed by atoms with E-state index in [-0.39, 0.29) is 23.4 Å². The van der Waals surface area contributed by atoms with Gasteiger partial charge in [-0.25, -0.2) is 13.4 Å². The molecule has 2 aromatic carbocycles. The third-order valence-electron chi connectivity index (χ3n) is 5.87. The van der Waals surface area contributed by atoms with Gasteiger partial charge in [0.05, 0.1) is 18.4 Å². The van der Waals surface area contributed by atoms with Crippen molar-refractivity contribution in [3.63, 3.8) is 0 Å². The van der Waals surface area contributed by atoms with E-state index in [9.17, 15) is 13.2 Å². The molecular weight excluding hydrogens is 424 g/mol. The van der Waals surface area contributed by atoms with Crippen LogP contribution >= 0.6 is 0 Å². The highest BCUT2D eigenvalue weighted by atomic mass is 32.2. The minimum atomic E-state index is -3.68. The first-order chi connectivity index (χ1) is 15.5. The van der Waals surface area contributed by atoms with E-state index < -0.39 is 10.0 Å². The summed E-state index contributed by atoms with van der Waals surface area (Å²) in [6.45, 7) is 1.70. The smallest absolute Gasteiger partial charge is 0.260 e. The minimum absolute atomic E-state index is 0.00861. The molecule has 1 aromatic heterocycles. The first kappa shape index (κ1) is 22.2. The van der Waals surface area contributed by atoms with Gasteiger partial charge in [0.1, 0.15) is 0 Å². The fourth-order valence-corrected chi connectivity index (χ4v) is 5.54. The molecule has 0 spiro atoms. The third-order valence-corrected chi connectivity index (χ3v) is 7.66. The molecule has 0 unspecified atom stereocenters. The van der Waals surface area contributed by atoms with Crippen molar-refractivity contribution in [3.05, 3.63) is 84.3 Å². The Morgan fingerprint density at radius 3 is 2.41 bits per heavy atom. The number of imidazole rings is 1. The summed E-state index contributed by atoms with van der Waals surface area (Å²) in [6.07, 6.45) is 4.75. The zero-order valence-corrected chi connectivity index (χ0v) is 18.7. The molecule has 1 amide bonds. The molecule has 2 heterocycles. The summed E-state index contributed by atoms with van der Waals surface area (Å²) >= 11 is 0. The first-order valence-corrected chi connectivity index (χ1v) is 12.3. The Hall–Kier alpha value is -2.97. The molecule has 0 aliphatic carbocycles. The van der Waals surface area contributed by atoms with Crippen LogP contribution in [0.1, 0.15) is 24.0 Å². The van der Waals surface area contributed by atoms with Crippen LogP contribution in [0.4, 0.5) is 0 Å². The summed E-state index contributed by atoms with van der Waals surface area (Å²) < 4.78 is 27.2. The highest BCUT2D eigenvalue weighted by Gasteiger charge is 2.35. The zero-order chi connectivity index (χ0) is 22.4. The molecule has 1 saturated heterocycles. The standard InChI is InChI=1S/C24H28N4O3S/c29-24(22-12-7-14-28(18-22)32(30,31)23-16-25-19-26-23)27(17-21-10-5-2-6-11-21)15-13-20-8-3-1-4-9-20/h1-6,8-11,16,19,22H,7,12-15,17-18H2,(H,25,26)/t22-/m0/s1. The molecule has 1 fully saturated rings. The van der Waals surface area contributed by atoms with Crippen LogP contribution in [0.3, 0.4) is 0 Å². The molecule has 1 aliphatic heterocycles. The first-order valence-electron chi connectivity index (χ1n) is 10.9. The summed E-state index contributed by atoms with van der Waals surface area (Å²) in [6, 6.07) is 20.0. The number of carbonyl (C=O) groups is 1. The van der Waals surface area contributed by atoms with Crippen LogP contribution in [0, 0.1) is 5.92 Å². The molecule has 7 nitrogen and oxygen atoms in total. The number of benzene rings is 2. The van der Waals surface area contributed by atoms with Crippen LogP contribution in [-0.2, 0) is 27.8 Å². The molecule has 1 atom stereocenters. The second-order valence-electron chi connectivity index (χ2n) is 8.10. The van der Waals surface area contributed by atoms with Crippen molar-refractivity contribution in [1.29, 1.82) is 0 Å². The van der Waals surface area contributed by atoms with Crippen LogP contribution in [0.5, 0.6) is 0 Å². The van der Waals surface area contributed by atoms with Gasteiger partial charge in [-0.3, -0.25) is 4.79 Å². The van der Waals surface area contributed by atoms with Gasteiger partial charge in [-0.2, -0.15) is 4.31 Å². The van der Waals surface area contributed by atoms with Gasteiger partial charge in [0.2, 0.25) is 5.91 Å². The number of hydrogen-bond acceptors (Lipinski definition) is 4. The van der Waals surface area contributed by atoms with Crippen molar-refractivity contribution < 1.29 is 13.2 Å². The second kappa shape index (κ2) is 10.1. The number of amides is 1. The van der Waals surface area contributed by atoms with Crippen molar-refractivity contribution in [3.8, 4) is 0 Å². The van der Waals surface area contributed by atoms with Gasteiger partial charge < -0.3 is 9.88 Å². The highest BCUT2D eigenvalue weighted by Crippen LogP contribution is 2.25. The molecule has 0 saturated carbocycles. The zero-order valence-electron chi connectivity index (χ0n) is 17.9. The van der Waals surface area contributed by atoms with Crippen LogP contribution in [-0.4, -0.2) is 53.1 Å². The van der Waals surface area contributed by atoms with E-state index in [0.717, 1.165) is 12.0 Å². The fraction of sp³-hybridized carbons (Fsp3) is 0.333. The third kappa shape index (κ3) is 5.26. The van der Waals surface area contributed by atoms with E-state index in [0.29, 0.717) is 32.5 Å². The van der Waals surface area contributed by atoms with E-state index in [1.807, 2.05) is 53.4 Å². The molecular formula is C24H28N4O3S. The molecule has 3 aromatic rings. The summed E-state index contributed by atoms with van der Waals surface area (Å²) in [7, 11) is -3.68. The minimum Gasteiger partial charge on any atom is -0.338 e. The van der Waals surface area contributed by atoms with Gasteiger partial charge in [0.25, 0.3) is 10.0 Å². The molecule has 0 radical (unpaired) electrons. The molecule has 1 N–H and O–H groups in total. The van der Waals surface area contributed by atoms with Gasteiger partial charge in [-0.1, -0.05) is 60.7 Å². The predicted molar refractivity (Wildman–Crippen MR) is 122 cm³/mol. The monoisotopic (exact) mass is 452 g/mol. The molecule has 0 bridgehead atoms. The topological polar surface area (TPSA) is 86.4 Å². The number of nitrogens with zero attached hydrogens (tertiary/aromatic N) is 3. The molecule has 32 heavy (non-hydrogen) atoms. The van der Waals surface area contributed by atoms with Crippen molar-refractivity contribution in [2.24, 2.45) is 5.92 Å². The fourth-order valence-electron chi connectivity index (χ4n) is 4.12. The molecule has 8 heteroatoms. The summed E-state index contributed by atoms with van der Waals surface area (Å²) in [5.74, 6) is -0.352. The van der Waals surface area contributed by atoms with Gasteiger partial charge >= 0.3 is 0 Å². The Kier molecular flexibility index (Phi) is 7.02. The van der Waals surface area contributed by atoms with Crippen molar-refractivity contribution in [2.45, 2.75) is 30.8 Å². The van der Waals surface area contributed by atoms with Crippen LogP contribution in [0.25, 0.3) is 0 Å². The Morgan fingerprint density at radius 2 is 1.75 bits per heavy atom. The Labute approximate surface area is 189 Å².